The molecule has 0 radical (unpaired) electrons. The van der Waals surface area contributed by atoms with Gasteiger partial charge in [-0.05, 0) is 49.4 Å². The van der Waals surface area contributed by atoms with Gasteiger partial charge in [0.2, 0.25) is 0 Å². The topological polar surface area (TPSA) is 82.9 Å². The van der Waals surface area contributed by atoms with E-state index in [-0.39, 0.29) is 24.8 Å². The number of esters is 1. The number of benzene rings is 2. The van der Waals surface area contributed by atoms with Crippen molar-refractivity contribution in [1.29, 1.82) is 0 Å². The van der Waals surface area contributed by atoms with E-state index >= 15 is 0 Å². The summed E-state index contributed by atoms with van der Waals surface area (Å²) in [6.07, 6.45) is 0.559. The van der Waals surface area contributed by atoms with E-state index in [2.05, 4.69) is 5.10 Å². The minimum Gasteiger partial charge on any atom is -0.497 e. The van der Waals surface area contributed by atoms with Crippen LogP contribution in [0.15, 0.2) is 48.5 Å². The van der Waals surface area contributed by atoms with Gasteiger partial charge in [-0.2, -0.15) is 5.10 Å². The fourth-order valence-electron chi connectivity index (χ4n) is 3.83. The van der Waals surface area contributed by atoms with E-state index in [1.807, 2.05) is 24.3 Å². The van der Waals surface area contributed by atoms with Gasteiger partial charge in [0.1, 0.15) is 11.5 Å². The van der Waals surface area contributed by atoms with Crippen molar-refractivity contribution in [3.8, 4) is 17.2 Å². The molecule has 2 heterocycles. The molecule has 0 saturated heterocycles. The first kappa shape index (κ1) is 21.4. The van der Waals surface area contributed by atoms with Gasteiger partial charge in [-0.25, -0.2) is 9.48 Å². The minimum absolute atomic E-state index is 0.124. The lowest BCUT2D eigenvalue weighted by Gasteiger charge is -2.28. The summed E-state index contributed by atoms with van der Waals surface area (Å²) in [5, 5.41) is 4.57. The Morgan fingerprint density at radius 2 is 1.78 bits per heavy atom. The lowest BCUT2D eigenvalue weighted by Crippen LogP contribution is -2.36. The van der Waals surface area contributed by atoms with Crippen LogP contribution in [-0.4, -0.2) is 53.9 Å². The van der Waals surface area contributed by atoms with E-state index in [1.54, 1.807) is 55.0 Å². The van der Waals surface area contributed by atoms with Crippen LogP contribution in [0.4, 0.5) is 0 Å². The smallest absolute Gasteiger partial charge is 0.359 e. The molecule has 4 rings (SSSR count). The van der Waals surface area contributed by atoms with Gasteiger partial charge in [0.15, 0.2) is 5.69 Å². The lowest BCUT2D eigenvalue weighted by atomic mass is 10.0. The highest BCUT2D eigenvalue weighted by Crippen LogP contribution is 2.28. The quantitative estimate of drug-likeness (QED) is 0.553. The van der Waals surface area contributed by atoms with Gasteiger partial charge in [0, 0.05) is 24.1 Å². The zero-order valence-electron chi connectivity index (χ0n) is 18.3. The van der Waals surface area contributed by atoms with Crippen LogP contribution < -0.4 is 9.47 Å². The summed E-state index contributed by atoms with van der Waals surface area (Å²) in [6.45, 7) is 2.78. The SMILES string of the molecule is CCOC(=O)c1nn(-c2ccc(OC)cc2)c2c1CN(C(=O)c1cccc(OC)c1)CC2. The Balaban J connectivity index is 1.69. The van der Waals surface area contributed by atoms with Crippen LogP contribution in [0.5, 0.6) is 11.5 Å². The molecule has 0 saturated carbocycles. The highest BCUT2D eigenvalue weighted by atomic mass is 16.5. The second-order valence-electron chi connectivity index (χ2n) is 7.31. The predicted molar refractivity (Wildman–Crippen MR) is 118 cm³/mol. The zero-order valence-corrected chi connectivity index (χ0v) is 18.3. The summed E-state index contributed by atoms with van der Waals surface area (Å²) in [6, 6.07) is 14.5. The van der Waals surface area contributed by atoms with Crippen molar-refractivity contribution in [3.63, 3.8) is 0 Å². The number of nitrogens with zero attached hydrogens (tertiary/aromatic N) is 3. The monoisotopic (exact) mass is 435 g/mol. The molecule has 0 unspecified atom stereocenters. The third-order valence-electron chi connectivity index (χ3n) is 5.45. The Labute approximate surface area is 186 Å². The number of aromatic nitrogens is 2. The summed E-state index contributed by atoms with van der Waals surface area (Å²) >= 11 is 0. The average Bonchev–Trinajstić information content (AvgIpc) is 3.23. The Morgan fingerprint density at radius 1 is 1.03 bits per heavy atom. The van der Waals surface area contributed by atoms with Crippen LogP contribution in [0.1, 0.15) is 39.0 Å². The zero-order chi connectivity index (χ0) is 22.7. The molecule has 8 nitrogen and oxygen atoms in total. The number of fused-ring (bicyclic) bond motifs is 1. The maximum absolute atomic E-state index is 13.1. The summed E-state index contributed by atoms with van der Waals surface area (Å²) in [4.78, 5) is 27.5. The highest BCUT2D eigenvalue weighted by molar-refractivity contribution is 5.95. The number of methoxy groups -OCH3 is 2. The number of hydrogen-bond donors (Lipinski definition) is 0. The summed E-state index contributed by atoms with van der Waals surface area (Å²) in [5.74, 6) is 0.733. The van der Waals surface area contributed by atoms with Gasteiger partial charge in [0.05, 0.1) is 38.8 Å². The Bertz CT molecular complexity index is 1140. The third kappa shape index (κ3) is 4.03. The van der Waals surface area contributed by atoms with Crippen LogP contribution in [-0.2, 0) is 17.7 Å². The molecule has 3 aromatic rings. The second kappa shape index (κ2) is 9.13. The van der Waals surface area contributed by atoms with Crippen LogP contribution in [0.25, 0.3) is 5.69 Å². The number of hydrogen-bond acceptors (Lipinski definition) is 6. The van der Waals surface area contributed by atoms with Gasteiger partial charge in [-0.1, -0.05) is 6.07 Å². The standard InChI is InChI=1S/C24H25N3O5/c1-4-32-24(29)22-20-15-26(23(28)16-6-5-7-19(14-16)31-3)13-12-21(20)27(25-22)17-8-10-18(30-2)11-9-17/h5-11,14H,4,12-13,15H2,1-3H3. The predicted octanol–water partition coefficient (Wildman–Crippen LogP) is 3.26. The van der Waals surface area contributed by atoms with Crippen LogP contribution in [0.3, 0.4) is 0 Å². The first-order chi connectivity index (χ1) is 15.5. The number of carbonyl (C=O) groups is 2. The van der Waals surface area contributed by atoms with E-state index in [9.17, 15) is 9.59 Å². The third-order valence-corrected chi connectivity index (χ3v) is 5.45. The van der Waals surface area contributed by atoms with E-state index in [0.29, 0.717) is 29.8 Å². The van der Waals surface area contributed by atoms with Gasteiger partial charge >= 0.3 is 5.97 Å². The summed E-state index contributed by atoms with van der Waals surface area (Å²) in [5.41, 5.74) is 3.19. The van der Waals surface area contributed by atoms with Gasteiger partial charge in [-0.15, -0.1) is 0 Å². The molecular weight excluding hydrogens is 410 g/mol. The maximum Gasteiger partial charge on any atom is 0.359 e. The molecule has 0 N–H and O–H groups in total. The molecule has 0 fully saturated rings. The molecule has 1 aliphatic heterocycles. The maximum atomic E-state index is 13.1. The second-order valence-corrected chi connectivity index (χ2v) is 7.31. The molecule has 1 aromatic heterocycles. The first-order valence-corrected chi connectivity index (χ1v) is 10.4. The minimum atomic E-state index is -0.494. The first-order valence-electron chi connectivity index (χ1n) is 10.4. The Morgan fingerprint density at radius 3 is 2.47 bits per heavy atom. The van der Waals surface area contributed by atoms with Crippen LogP contribution >= 0.6 is 0 Å². The Kier molecular flexibility index (Phi) is 6.11. The van der Waals surface area contributed by atoms with Crippen molar-refractivity contribution in [2.24, 2.45) is 0 Å². The van der Waals surface area contributed by atoms with Gasteiger partial charge < -0.3 is 19.1 Å². The molecule has 0 bridgehead atoms. The number of carbonyl (C=O) groups excluding carboxylic acids is 2. The summed E-state index contributed by atoms with van der Waals surface area (Å²) < 4.78 is 17.5. The number of amides is 1. The van der Waals surface area contributed by atoms with Crippen LogP contribution in [0, 0.1) is 0 Å². The molecule has 8 heteroatoms. The highest BCUT2D eigenvalue weighted by Gasteiger charge is 2.31. The molecule has 1 aliphatic rings. The normalized spacial score (nSPS) is 12.8. The van der Waals surface area contributed by atoms with Crippen molar-refractivity contribution >= 4 is 11.9 Å². The Hall–Kier alpha value is -3.81. The van der Waals surface area contributed by atoms with Gasteiger partial charge in [0.25, 0.3) is 5.91 Å². The number of ether oxygens (including phenoxy) is 3. The van der Waals surface area contributed by atoms with Crippen molar-refractivity contribution in [3.05, 3.63) is 71.0 Å². The largest absolute Gasteiger partial charge is 0.497 e. The van der Waals surface area contributed by atoms with Crippen molar-refractivity contribution in [2.75, 3.05) is 27.4 Å². The molecule has 166 valence electrons. The lowest BCUT2D eigenvalue weighted by molar-refractivity contribution is 0.0513. The van der Waals surface area contributed by atoms with E-state index < -0.39 is 5.97 Å². The van der Waals surface area contributed by atoms with Gasteiger partial charge in [-0.3, -0.25) is 4.79 Å². The van der Waals surface area contributed by atoms with Crippen molar-refractivity contribution < 1.29 is 23.8 Å². The molecule has 0 atom stereocenters. The molecule has 2 aromatic carbocycles. The van der Waals surface area contributed by atoms with E-state index in [4.69, 9.17) is 14.2 Å². The molecule has 0 aliphatic carbocycles. The molecule has 32 heavy (non-hydrogen) atoms. The number of rotatable bonds is 6. The molecule has 0 spiro atoms. The summed E-state index contributed by atoms with van der Waals surface area (Å²) in [7, 11) is 3.17. The van der Waals surface area contributed by atoms with E-state index in [1.165, 1.54) is 0 Å². The fourth-order valence-corrected chi connectivity index (χ4v) is 3.83. The fraction of sp³-hybridized carbons (Fsp3) is 0.292. The van der Waals surface area contributed by atoms with E-state index in [0.717, 1.165) is 17.1 Å². The van der Waals surface area contributed by atoms with Crippen LogP contribution in [0.2, 0.25) is 0 Å². The average molecular weight is 435 g/mol. The molecule has 1 amide bonds. The van der Waals surface area contributed by atoms with Crippen molar-refractivity contribution in [2.45, 2.75) is 19.9 Å². The molecular formula is C24H25N3O5. The van der Waals surface area contributed by atoms with Crippen molar-refractivity contribution in [1.82, 2.24) is 14.7 Å².